The third-order valence-corrected chi connectivity index (χ3v) is 4.51. The SMILES string of the molecule is CCN(CC)C(C(=O)NC1CCNC(C)C1)c1ccccc1.Cl.Cl. The maximum atomic E-state index is 12.9. The van der Waals surface area contributed by atoms with Crippen molar-refractivity contribution in [3.05, 3.63) is 35.9 Å². The summed E-state index contributed by atoms with van der Waals surface area (Å²) in [7, 11) is 0. The van der Waals surface area contributed by atoms with Crippen LogP contribution < -0.4 is 10.6 Å². The van der Waals surface area contributed by atoms with Crippen molar-refractivity contribution in [1.82, 2.24) is 15.5 Å². The Labute approximate surface area is 158 Å². The van der Waals surface area contributed by atoms with E-state index >= 15 is 0 Å². The molecule has 3 atom stereocenters. The summed E-state index contributed by atoms with van der Waals surface area (Å²) in [5, 5.41) is 6.71. The Morgan fingerprint density at radius 3 is 2.42 bits per heavy atom. The number of halogens is 2. The predicted molar refractivity (Wildman–Crippen MR) is 105 cm³/mol. The van der Waals surface area contributed by atoms with Crippen molar-refractivity contribution in [3.8, 4) is 0 Å². The maximum Gasteiger partial charge on any atom is 0.242 e. The Hall–Kier alpha value is -0.810. The van der Waals surface area contributed by atoms with Crippen molar-refractivity contribution in [2.75, 3.05) is 19.6 Å². The Morgan fingerprint density at radius 2 is 1.88 bits per heavy atom. The van der Waals surface area contributed by atoms with Crippen molar-refractivity contribution < 1.29 is 4.79 Å². The van der Waals surface area contributed by atoms with Gasteiger partial charge in [0.25, 0.3) is 0 Å². The van der Waals surface area contributed by atoms with Gasteiger partial charge in [-0.1, -0.05) is 44.2 Å². The molecule has 1 aromatic carbocycles. The minimum atomic E-state index is -0.193. The summed E-state index contributed by atoms with van der Waals surface area (Å²) in [6.45, 7) is 9.11. The van der Waals surface area contributed by atoms with E-state index < -0.39 is 0 Å². The van der Waals surface area contributed by atoms with E-state index in [0.717, 1.165) is 38.0 Å². The summed E-state index contributed by atoms with van der Waals surface area (Å²) >= 11 is 0. The third-order valence-electron chi connectivity index (χ3n) is 4.51. The second-order valence-corrected chi connectivity index (χ2v) is 6.12. The van der Waals surface area contributed by atoms with E-state index in [1.54, 1.807) is 0 Å². The highest BCUT2D eigenvalue weighted by molar-refractivity contribution is 5.85. The zero-order chi connectivity index (χ0) is 15.9. The zero-order valence-electron chi connectivity index (χ0n) is 14.8. The molecule has 3 unspecified atom stereocenters. The Bertz CT molecular complexity index is 469. The number of nitrogens with one attached hydrogen (secondary N) is 2. The van der Waals surface area contributed by atoms with Crippen LogP contribution in [-0.4, -0.2) is 42.5 Å². The molecule has 0 aliphatic carbocycles. The summed E-state index contributed by atoms with van der Waals surface area (Å²) < 4.78 is 0. The highest BCUT2D eigenvalue weighted by Gasteiger charge is 2.28. The van der Waals surface area contributed by atoms with Gasteiger partial charge < -0.3 is 10.6 Å². The van der Waals surface area contributed by atoms with Crippen LogP contribution in [0.5, 0.6) is 0 Å². The van der Waals surface area contributed by atoms with E-state index in [-0.39, 0.29) is 42.8 Å². The molecule has 1 heterocycles. The summed E-state index contributed by atoms with van der Waals surface area (Å²) in [5.41, 5.74) is 1.07. The van der Waals surface area contributed by atoms with Crippen LogP contribution in [0.3, 0.4) is 0 Å². The quantitative estimate of drug-likeness (QED) is 0.802. The zero-order valence-corrected chi connectivity index (χ0v) is 16.5. The lowest BCUT2D eigenvalue weighted by Gasteiger charge is -2.33. The monoisotopic (exact) mass is 375 g/mol. The van der Waals surface area contributed by atoms with E-state index in [4.69, 9.17) is 0 Å². The molecule has 1 aliphatic heterocycles. The first-order valence-corrected chi connectivity index (χ1v) is 8.48. The lowest BCUT2D eigenvalue weighted by Crippen LogP contribution is -2.50. The standard InChI is InChI=1S/C18H29N3O.2ClH/c1-4-21(5-2)17(15-9-7-6-8-10-15)18(22)20-16-11-12-19-14(3)13-16;;/h6-10,14,16-17,19H,4-5,11-13H2,1-3H3,(H,20,22);2*1H. The molecule has 1 amide bonds. The first-order valence-electron chi connectivity index (χ1n) is 8.48. The molecule has 6 heteroatoms. The average Bonchev–Trinajstić information content (AvgIpc) is 2.53. The predicted octanol–water partition coefficient (Wildman–Crippen LogP) is 3.17. The van der Waals surface area contributed by atoms with Crippen molar-refractivity contribution in [3.63, 3.8) is 0 Å². The lowest BCUT2D eigenvalue weighted by atomic mass is 9.98. The van der Waals surface area contributed by atoms with Crippen LogP contribution in [0.2, 0.25) is 0 Å². The molecule has 0 radical (unpaired) electrons. The van der Waals surface area contributed by atoms with Crippen molar-refractivity contribution >= 4 is 30.7 Å². The first kappa shape index (κ1) is 23.2. The van der Waals surface area contributed by atoms with Gasteiger partial charge in [-0.25, -0.2) is 0 Å². The number of amides is 1. The molecular formula is C18H31Cl2N3O. The van der Waals surface area contributed by atoms with Gasteiger partial charge in [-0.2, -0.15) is 0 Å². The number of carbonyl (C=O) groups excluding carboxylic acids is 1. The summed E-state index contributed by atoms with van der Waals surface area (Å²) in [5.74, 6) is 0.133. The molecule has 2 N–H and O–H groups in total. The average molecular weight is 376 g/mol. The van der Waals surface area contributed by atoms with Gasteiger partial charge in [0.2, 0.25) is 5.91 Å². The Morgan fingerprint density at radius 1 is 1.25 bits per heavy atom. The van der Waals surface area contributed by atoms with Crippen LogP contribution in [0.25, 0.3) is 0 Å². The molecule has 24 heavy (non-hydrogen) atoms. The van der Waals surface area contributed by atoms with Gasteiger partial charge in [0.05, 0.1) is 0 Å². The number of benzene rings is 1. The Kier molecular flexibility index (Phi) is 11.3. The molecule has 1 aliphatic rings. The molecule has 0 saturated carbocycles. The largest absolute Gasteiger partial charge is 0.352 e. The smallest absolute Gasteiger partial charge is 0.242 e. The fraction of sp³-hybridized carbons (Fsp3) is 0.611. The highest BCUT2D eigenvalue weighted by atomic mass is 35.5. The molecule has 0 spiro atoms. The molecular weight excluding hydrogens is 345 g/mol. The lowest BCUT2D eigenvalue weighted by molar-refractivity contribution is -0.127. The second-order valence-electron chi connectivity index (χ2n) is 6.12. The van der Waals surface area contributed by atoms with Crippen LogP contribution in [0, 0.1) is 0 Å². The number of hydrogen-bond donors (Lipinski definition) is 2. The topological polar surface area (TPSA) is 44.4 Å². The third kappa shape index (κ3) is 6.25. The number of rotatable bonds is 6. The summed E-state index contributed by atoms with van der Waals surface area (Å²) in [6.07, 6.45) is 2.02. The normalized spacial score (nSPS) is 21.3. The minimum absolute atomic E-state index is 0. The number of likely N-dealkylation sites (N-methyl/N-ethyl adjacent to an activating group) is 1. The van der Waals surface area contributed by atoms with Gasteiger partial charge in [-0.3, -0.25) is 9.69 Å². The van der Waals surface area contributed by atoms with E-state index in [1.165, 1.54) is 0 Å². The van der Waals surface area contributed by atoms with Gasteiger partial charge in [0.1, 0.15) is 6.04 Å². The second kappa shape index (κ2) is 11.7. The summed E-state index contributed by atoms with van der Waals surface area (Å²) in [6, 6.07) is 10.7. The van der Waals surface area contributed by atoms with Crippen LogP contribution >= 0.6 is 24.8 Å². The number of carbonyl (C=O) groups is 1. The van der Waals surface area contributed by atoms with Crippen LogP contribution in [0.1, 0.15) is 45.2 Å². The number of hydrogen-bond acceptors (Lipinski definition) is 3. The van der Waals surface area contributed by atoms with Gasteiger partial charge in [0, 0.05) is 12.1 Å². The van der Waals surface area contributed by atoms with Crippen LogP contribution in [0.4, 0.5) is 0 Å². The van der Waals surface area contributed by atoms with Crippen molar-refractivity contribution in [2.45, 2.75) is 51.7 Å². The number of nitrogens with zero attached hydrogens (tertiary/aromatic N) is 1. The molecule has 138 valence electrons. The fourth-order valence-electron chi connectivity index (χ4n) is 3.30. The fourth-order valence-corrected chi connectivity index (χ4v) is 3.30. The van der Waals surface area contributed by atoms with Gasteiger partial charge in [-0.05, 0) is 45.0 Å². The van der Waals surface area contributed by atoms with E-state index in [2.05, 4.69) is 36.3 Å². The minimum Gasteiger partial charge on any atom is -0.352 e. The van der Waals surface area contributed by atoms with Gasteiger partial charge >= 0.3 is 0 Å². The van der Waals surface area contributed by atoms with E-state index in [0.29, 0.717) is 6.04 Å². The van der Waals surface area contributed by atoms with E-state index in [1.807, 2.05) is 30.3 Å². The van der Waals surface area contributed by atoms with Crippen molar-refractivity contribution in [2.24, 2.45) is 0 Å². The van der Waals surface area contributed by atoms with E-state index in [9.17, 15) is 4.79 Å². The van der Waals surface area contributed by atoms with Gasteiger partial charge in [0.15, 0.2) is 0 Å². The Balaban J connectivity index is 0.00000264. The molecule has 0 bridgehead atoms. The highest BCUT2D eigenvalue weighted by Crippen LogP contribution is 2.21. The van der Waals surface area contributed by atoms with Crippen LogP contribution in [-0.2, 0) is 4.79 Å². The molecule has 2 rings (SSSR count). The molecule has 1 aromatic rings. The maximum absolute atomic E-state index is 12.9. The first-order chi connectivity index (χ1) is 10.7. The van der Waals surface area contributed by atoms with Gasteiger partial charge in [-0.15, -0.1) is 24.8 Å². The van der Waals surface area contributed by atoms with Crippen molar-refractivity contribution in [1.29, 1.82) is 0 Å². The molecule has 1 fully saturated rings. The molecule has 1 saturated heterocycles. The van der Waals surface area contributed by atoms with Crippen LogP contribution in [0.15, 0.2) is 30.3 Å². The summed E-state index contributed by atoms with van der Waals surface area (Å²) in [4.78, 5) is 15.1. The number of piperidine rings is 1. The molecule has 0 aromatic heterocycles. The molecule has 4 nitrogen and oxygen atoms in total.